The fourth-order valence-corrected chi connectivity index (χ4v) is 2.22. The molecule has 0 radical (unpaired) electrons. The third-order valence-electron chi connectivity index (χ3n) is 2.37. The number of aliphatic carboxylic acids is 1. The van der Waals surface area contributed by atoms with Crippen LogP contribution in [0.4, 0.5) is 0 Å². The van der Waals surface area contributed by atoms with Gasteiger partial charge in [0.1, 0.15) is 0 Å². The summed E-state index contributed by atoms with van der Waals surface area (Å²) in [4.78, 5) is 10.2. The lowest BCUT2D eigenvalue weighted by molar-refractivity contribution is -0.133. The van der Waals surface area contributed by atoms with Crippen LogP contribution in [0.3, 0.4) is 0 Å². The SMILES string of the molecule is CCCCCCCCCCSCC(=O)O.[MgH2]. The summed E-state index contributed by atoms with van der Waals surface area (Å²) in [6.07, 6.45) is 10.5. The highest BCUT2D eigenvalue weighted by molar-refractivity contribution is 7.99. The van der Waals surface area contributed by atoms with Gasteiger partial charge in [0.15, 0.2) is 0 Å². The van der Waals surface area contributed by atoms with Crippen LogP contribution in [-0.4, -0.2) is 45.6 Å². The molecule has 0 amide bonds. The Balaban J connectivity index is 0. The predicted molar refractivity (Wildman–Crippen MR) is 76.1 cm³/mol. The van der Waals surface area contributed by atoms with Crippen molar-refractivity contribution in [3.63, 3.8) is 0 Å². The van der Waals surface area contributed by atoms with Gasteiger partial charge in [-0.05, 0) is 12.2 Å². The minimum Gasteiger partial charge on any atom is -0.481 e. The molecule has 0 saturated heterocycles. The standard InChI is InChI=1S/C12H24O2S.Mg.2H/c1-2-3-4-5-6-7-8-9-10-15-11-12(13)14;;;/h2-11H2,1H3,(H,13,14);;;. The number of rotatable bonds is 11. The zero-order chi connectivity index (χ0) is 11.4. The van der Waals surface area contributed by atoms with E-state index in [4.69, 9.17) is 5.11 Å². The van der Waals surface area contributed by atoms with Crippen LogP contribution in [0, 0.1) is 0 Å². The van der Waals surface area contributed by atoms with Crippen LogP contribution in [0.15, 0.2) is 0 Å². The Morgan fingerprint density at radius 2 is 1.50 bits per heavy atom. The number of unbranched alkanes of at least 4 members (excludes halogenated alkanes) is 7. The Morgan fingerprint density at radius 1 is 1.00 bits per heavy atom. The van der Waals surface area contributed by atoms with Gasteiger partial charge in [0.05, 0.1) is 5.75 Å². The molecule has 1 N–H and O–H groups in total. The molecule has 0 rings (SSSR count). The van der Waals surface area contributed by atoms with Gasteiger partial charge in [0.2, 0.25) is 0 Å². The fourth-order valence-electron chi connectivity index (χ4n) is 1.50. The lowest BCUT2D eigenvalue weighted by atomic mass is 10.1. The largest absolute Gasteiger partial charge is 0.481 e. The van der Waals surface area contributed by atoms with Gasteiger partial charge in [-0.2, -0.15) is 11.8 Å². The van der Waals surface area contributed by atoms with Crippen LogP contribution < -0.4 is 0 Å². The molecule has 0 atom stereocenters. The Kier molecular flexibility index (Phi) is 18.4. The quantitative estimate of drug-likeness (QED) is 0.457. The topological polar surface area (TPSA) is 37.3 Å². The van der Waals surface area contributed by atoms with Crippen molar-refractivity contribution in [2.24, 2.45) is 0 Å². The zero-order valence-corrected chi connectivity index (χ0v) is 10.7. The fraction of sp³-hybridized carbons (Fsp3) is 0.917. The second-order valence-electron chi connectivity index (χ2n) is 3.92. The average molecular weight is 259 g/mol. The van der Waals surface area contributed by atoms with Crippen LogP contribution in [0.1, 0.15) is 58.3 Å². The lowest BCUT2D eigenvalue weighted by Gasteiger charge is -2.01. The smallest absolute Gasteiger partial charge is 0.316 e. The van der Waals surface area contributed by atoms with Crippen LogP contribution >= 0.6 is 11.8 Å². The Hall–Kier alpha value is 0.586. The number of hydrogen-bond donors (Lipinski definition) is 1. The molecular weight excluding hydrogens is 233 g/mol. The van der Waals surface area contributed by atoms with Crippen molar-refractivity contribution in [3.05, 3.63) is 0 Å². The second-order valence-corrected chi connectivity index (χ2v) is 5.03. The molecule has 4 heteroatoms. The monoisotopic (exact) mass is 258 g/mol. The highest BCUT2D eigenvalue weighted by atomic mass is 32.2. The Morgan fingerprint density at radius 3 is 2.00 bits per heavy atom. The molecule has 0 aromatic rings. The first-order chi connectivity index (χ1) is 7.27. The number of thioether (sulfide) groups is 1. The van der Waals surface area contributed by atoms with E-state index in [9.17, 15) is 4.79 Å². The molecule has 0 bridgehead atoms. The summed E-state index contributed by atoms with van der Waals surface area (Å²) in [5.41, 5.74) is 0. The third-order valence-corrected chi connectivity index (χ3v) is 3.40. The highest BCUT2D eigenvalue weighted by Crippen LogP contribution is 2.10. The van der Waals surface area contributed by atoms with Crippen molar-refractivity contribution >= 4 is 40.8 Å². The molecule has 2 nitrogen and oxygen atoms in total. The van der Waals surface area contributed by atoms with Crippen molar-refractivity contribution in [1.82, 2.24) is 0 Å². The number of carboxylic acid groups (broad SMARTS) is 1. The minimum absolute atomic E-state index is 0. The molecule has 0 heterocycles. The van der Waals surface area contributed by atoms with E-state index in [1.54, 1.807) is 0 Å². The predicted octanol–water partition coefficient (Wildman–Crippen LogP) is 3.03. The van der Waals surface area contributed by atoms with Crippen molar-refractivity contribution in [2.75, 3.05) is 11.5 Å². The molecule has 0 saturated carbocycles. The number of hydrogen-bond acceptors (Lipinski definition) is 2. The molecule has 0 spiro atoms. The maximum absolute atomic E-state index is 10.2. The number of carboxylic acids is 1. The van der Waals surface area contributed by atoms with Gasteiger partial charge in [-0.1, -0.05) is 51.9 Å². The average Bonchev–Trinajstić information content (AvgIpc) is 2.20. The van der Waals surface area contributed by atoms with Crippen LogP contribution in [-0.2, 0) is 4.79 Å². The van der Waals surface area contributed by atoms with E-state index in [1.165, 1.54) is 63.1 Å². The van der Waals surface area contributed by atoms with Crippen LogP contribution in [0.5, 0.6) is 0 Å². The van der Waals surface area contributed by atoms with Crippen molar-refractivity contribution in [1.29, 1.82) is 0 Å². The van der Waals surface area contributed by atoms with Gasteiger partial charge in [-0.25, -0.2) is 0 Å². The first kappa shape index (κ1) is 18.9. The van der Waals surface area contributed by atoms with E-state index in [-0.39, 0.29) is 28.8 Å². The molecule has 0 unspecified atom stereocenters. The summed E-state index contributed by atoms with van der Waals surface area (Å²) >= 11 is 1.53. The molecule has 0 aliphatic carbocycles. The first-order valence-corrected chi connectivity index (χ1v) is 7.22. The van der Waals surface area contributed by atoms with Gasteiger partial charge in [-0.15, -0.1) is 0 Å². The van der Waals surface area contributed by atoms with Crippen molar-refractivity contribution < 1.29 is 9.90 Å². The summed E-state index contributed by atoms with van der Waals surface area (Å²) in [6.45, 7) is 2.24. The van der Waals surface area contributed by atoms with E-state index in [2.05, 4.69) is 6.92 Å². The van der Waals surface area contributed by atoms with E-state index in [0.29, 0.717) is 0 Å². The van der Waals surface area contributed by atoms with Gasteiger partial charge in [0.25, 0.3) is 0 Å². The highest BCUT2D eigenvalue weighted by Gasteiger charge is 1.96. The van der Waals surface area contributed by atoms with E-state index in [1.807, 2.05) is 0 Å². The summed E-state index contributed by atoms with van der Waals surface area (Å²) < 4.78 is 0. The summed E-state index contributed by atoms with van der Waals surface area (Å²) in [6, 6.07) is 0. The molecule has 16 heavy (non-hydrogen) atoms. The van der Waals surface area contributed by atoms with Crippen molar-refractivity contribution in [2.45, 2.75) is 58.3 Å². The molecule has 0 aromatic heterocycles. The summed E-state index contributed by atoms with van der Waals surface area (Å²) in [7, 11) is 0. The zero-order valence-electron chi connectivity index (χ0n) is 9.83. The summed E-state index contributed by atoms with van der Waals surface area (Å²) in [5, 5.41) is 8.42. The maximum atomic E-state index is 10.2. The first-order valence-electron chi connectivity index (χ1n) is 6.07. The molecule has 0 aliphatic heterocycles. The van der Waals surface area contributed by atoms with Gasteiger partial charge >= 0.3 is 29.0 Å². The Labute approximate surface area is 120 Å². The van der Waals surface area contributed by atoms with E-state index >= 15 is 0 Å². The van der Waals surface area contributed by atoms with E-state index in [0.717, 1.165) is 5.75 Å². The molecule has 0 aromatic carbocycles. The normalized spacial score (nSPS) is 9.81. The summed E-state index contributed by atoms with van der Waals surface area (Å²) in [5.74, 6) is 0.567. The molecule has 94 valence electrons. The second kappa shape index (κ2) is 15.6. The molecular formula is C12H26MgO2S. The molecule has 0 aliphatic rings. The van der Waals surface area contributed by atoms with Gasteiger partial charge in [-0.3, -0.25) is 4.79 Å². The minimum atomic E-state index is -0.695. The molecule has 0 fully saturated rings. The third kappa shape index (κ3) is 17.0. The lowest BCUT2D eigenvalue weighted by Crippen LogP contribution is -1.98. The van der Waals surface area contributed by atoms with Crippen LogP contribution in [0.25, 0.3) is 0 Å². The van der Waals surface area contributed by atoms with E-state index < -0.39 is 5.97 Å². The maximum Gasteiger partial charge on any atom is 0.316 e. The van der Waals surface area contributed by atoms with Crippen LogP contribution in [0.2, 0.25) is 0 Å². The van der Waals surface area contributed by atoms with Gasteiger partial charge < -0.3 is 5.11 Å². The number of carbonyl (C=O) groups is 1. The van der Waals surface area contributed by atoms with Gasteiger partial charge in [0, 0.05) is 0 Å². The van der Waals surface area contributed by atoms with Crippen molar-refractivity contribution in [3.8, 4) is 0 Å². The Bertz CT molecular complexity index is 154.